The Balaban J connectivity index is 1.61. The van der Waals surface area contributed by atoms with Gasteiger partial charge >= 0.3 is 5.97 Å². The normalized spacial score (nSPS) is 10.9. The predicted molar refractivity (Wildman–Crippen MR) is 117 cm³/mol. The van der Waals surface area contributed by atoms with E-state index in [-0.39, 0.29) is 12.4 Å². The van der Waals surface area contributed by atoms with Crippen molar-refractivity contribution in [1.82, 2.24) is 4.98 Å². The maximum absolute atomic E-state index is 11.5. The number of ether oxygens (including phenoxy) is 1. The number of esters is 1. The van der Waals surface area contributed by atoms with E-state index in [4.69, 9.17) is 4.74 Å². The molecule has 144 valence electrons. The maximum Gasteiger partial charge on any atom is 0.311 e. The standard InChI is InChI=1S/C21H21N3O2S2/c1-3-26-20(25)12-18-14-28-21(23-18)24-22-13-15-5-4-6-17(11-15)16-7-9-19(27-2)10-8-16/h4-11,13-14H,3,12H2,1-2H3,(H,23,24). The van der Waals surface area contributed by atoms with E-state index < -0.39 is 0 Å². The Bertz CT molecular complexity index is 952. The summed E-state index contributed by atoms with van der Waals surface area (Å²) in [6.45, 7) is 2.16. The number of hydrogen-bond acceptors (Lipinski definition) is 7. The molecule has 0 saturated heterocycles. The number of nitrogens with zero attached hydrogens (tertiary/aromatic N) is 2. The molecule has 28 heavy (non-hydrogen) atoms. The zero-order valence-electron chi connectivity index (χ0n) is 15.7. The van der Waals surface area contributed by atoms with Crippen LogP contribution < -0.4 is 5.43 Å². The fourth-order valence-corrected chi connectivity index (χ4v) is 3.61. The highest BCUT2D eigenvalue weighted by Crippen LogP contribution is 2.23. The van der Waals surface area contributed by atoms with Gasteiger partial charge in [0.15, 0.2) is 0 Å². The lowest BCUT2D eigenvalue weighted by Crippen LogP contribution is -2.07. The molecule has 0 bridgehead atoms. The monoisotopic (exact) mass is 411 g/mol. The molecule has 0 saturated carbocycles. The summed E-state index contributed by atoms with van der Waals surface area (Å²) in [6, 6.07) is 16.7. The van der Waals surface area contributed by atoms with Crippen LogP contribution in [-0.4, -0.2) is 30.0 Å². The number of nitrogens with one attached hydrogen (secondary N) is 1. The molecule has 0 fully saturated rings. The molecular formula is C21H21N3O2S2. The predicted octanol–water partition coefficient (Wildman–Crippen LogP) is 5.08. The smallest absolute Gasteiger partial charge is 0.311 e. The van der Waals surface area contributed by atoms with Gasteiger partial charge in [-0.05, 0) is 48.1 Å². The van der Waals surface area contributed by atoms with Gasteiger partial charge in [-0.3, -0.25) is 10.2 Å². The van der Waals surface area contributed by atoms with E-state index in [9.17, 15) is 4.79 Å². The number of hydrazone groups is 1. The van der Waals surface area contributed by atoms with Crippen molar-refractivity contribution in [3.8, 4) is 11.1 Å². The van der Waals surface area contributed by atoms with E-state index in [1.165, 1.54) is 21.8 Å². The van der Waals surface area contributed by atoms with E-state index in [0.717, 1.165) is 11.1 Å². The van der Waals surface area contributed by atoms with Crippen molar-refractivity contribution in [2.24, 2.45) is 5.10 Å². The lowest BCUT2D eigenvalue weighted by atomic mass is 10.0. The summed E-state index contributed by atoms with van der Waals surface area (Å²) in [5.41, 5.74) is 6.89. The van der Waals surface area contributed by atoms with Gasteiger partial charge in [0, 0.05) is 10.3 Å². The van der Waals surface area contributed by atoms with Gasteiger partial charge in [0.05, 0.1) is 24.9 Å². The van der Waals surface area contributed by atoms with Crippen molar-refractivity contribution in [1.29, 1.82) is 0 Å². The lowest BCUT2D eigenvalue weighted by Gasteiger charge is -2.04. The molecule has 3 rings (SSSR count). The molecule has 3 aromatic rings. The number of thioether (sulfide) groups is 1. The zero-order chi connectivity index (χ0) is 19.8. The number of anilines is 1. The Morgan fingerprint density at radius 1 is 1.25 bits per heavy atom. The van der Waals surface area contributed by atoms with Crippen LogP contribution >= 0.6 is 23.1 Å². The fraction of sp³-hybridized carbons (Fsp3) is 0.190. The minimum Gasteiger partial charge on any atom is -0.466 e. The molecule has 0 aliphatic carbocycles. The molecule has 0 amide bonds. The summed E-state index contributed by atoms with van der Waals surface area (Å²) in [5, 5.41) is 6.72. The van der Waals surface area contributed by atoms with Gasteiger partial charge in [-0.1, -0.05) is 30.3 Å². The minimum atomic E-state index is -0.273. The molecule has 0 aliphatic rings. The lowest BCUT2D eigenvalue weighted by molar-refractivity contribution is -0.142. The second-order valence-electron chi connectivity index (χ2n) is 5.85. The van der Waals surface area contributed by atoms with Gasteiger partial charge in [-0.25, -0.2) is 4.98 Å². The number of carbonyl (C=O) groups excluding carboxylic acids is 1. The van der Waals surface area contributed by atoms with Crippen molar-refractivity contribution in [3.63, 3.8) is 0 Å². The van der Waals surface area contributed by atoms with Crippen LogP contribution in [0.2, 0.25) is 0 Å². The SMILES string of the molecule is CCOC(=O)Cc1csc(NN=Cc2cccc(-c3ccc(SC)cc3)c2)n1. The van der Waals surface area contributed by atoms with E-state index >= 15 is 0 Å². The third kappa shape index (κ3) is 5.68. The topological polar surface area (TPSA) is 63.6 Å². The maximum atomic E-state index is 11.5. The van der Waals surface area contributed by atoms with Gasteiger partial charge in [0.1, 0.15) is 0 Å². The summed E-state index contributed by atoms with van der Waals surface area (Å²) in [5.74, 6) is -0.273. The van der Waals surface area contributed by atoms with Crippen LogP contribution in [0.15, 0.2) is 63.9 Å². The van der Waals surface area contributed by atoms with Gasteiger partial charge < -0.3 is 4.74 Å². The number of carbonyl (C=O) groups is 1. The van der Waals surface area contributed by atoms with Crippen LogP contribution in [0.25, 0.3) is 11.1 Å². The second kappa shape index (κ2) is 10.1. The molecule has 1 aromatic heterocycles. The van der Waals surface area contributed by atoms with Crippen molar-refractivity contribution in [2.75, 3.05) is 18.3 Å². The summed E-state index contributed by atoms with van der Waals surface area (Å²) >= 11 is 3.13. The van der Waals surface area contributed by atoms with Crippen molar-refractivity contribution in [3.05, 3.63) is 65.2 Å². The number of rotatable bonds is 8. The van der Waals surface area contributed by atoms with Gasteiger partial charge in [0.2, 0.25) is 5.13 Å². The fourth-order valence-electron chi connectivity index (χ4n) is 2.54. The molecule has 0 aliphatic heterocycles. The molecule has 0 spiro atoms. The molecule has 1 heterocycles. The van der Waals surface area contributed by atoms with Crippen molar-refractivity contribution >= 4 is 40.4 Å². The largest absolute Gasteiger partial charge is 0.466 e. The molecule has 2 aromatic carbocycles. The number of aromatic nitrogens is 1. The quantitative estimate of drug-likeness (QED) is 0.242. The Hall–Kier alpha value is -2.64. The summed E-state index contributed by atoms with van der Waals surface area (Å²) in [6.07, 6.45) is 4.00. The minimum absolute atomic E-state index is 0.174. The first kappa shape index (κ1) is 20.1. The third-order valence-corrected chi connectivity index (χ3v) is 5.41. The molecule has 0 atom stereocenters. The molecule has 7 heteroatoms. The first-order valence-corrected chi connectivity index (χ1v) is 10.9. The average Bonchev–Trinajstić information content (AvgIpc) is 3.15. The molecule has 1 N–H and O–H groups in total. The molecule has 0 unspecified atom stereocenters. The molecule has 0 radical (unpaired) electrons. The summed E-state index contributed by atoms with van der Waals surface area (Å²) in [4.78, 5) is 17.1. The first-order valence-electron chi connectivity index (χ1n) is 8.81. The second-order valence-corrected chi connectivity index (χ2v) is 7.59. The Labute approximate surface area is 172 Å². The van der Waals surface area contributed by atoms with Gasteiger partial charge in [0.25, 0.3) is 0 Å². The van der Waals surface area contributed by atoms with Crippen LogP contribution in [0.5, 0.6) is 0 Å². The highest BCUT2D eigenvalue weighted by Gasteiger charge is 2.07. The van der Waals surface area contributed by atoms with Crippen LogP contribution in [0.3, 0.4) is 0 Å². The van der Waals surface area contributed by atoms with Crippen molar-refractivity contribution in [2.45, 2.75) is 18.2 Å². The summed E-state index contributed by atoms with van der Waals surface area (Å²) < 4.78 is 4.93. The van der Waals surface area contributed by atoms with Gasteiger partial charge in [-0.15, -0.1) is 23.1 Å². The van der Waals surface area contributed by atoms with Crippen LogP contribution in [-0.2, 0) is 16.0 Å². The van der Waals surface area contributed by atoms with Crippen LogP contribution in [0.1, 0.15) is 18.2 Å². The highest BCUT2D eigenvalue weighted by molar-refractivity contribution is 7.98. The highest BCUT2D eigenvalue weighted by atomic mass is 32.2. The van der Waals surface area contributed by atoms with E-state index in [1.54, 1.807) is 24.9 Å². The zero-order valence-corrected chi connectivity index (χ0v) is 17.3. The molecule has 5 nitrogen and oxygen atoms in total. The Morgan fingerprint density at radius 3 is 2.82 bits per heavy atom. The van der Waals surface area contributed by atoms with E-state index in [0.29, 0.717) is 17.4 Å². The third-order valence-electron chi connectivity index (χ3n) is 3.87. The van der Waals surface area contributed by atoms with Crippen LogP contribution in [0.4, 0.5) is 5.13 Å². The van der Waals surface area contributed by atoms with Crippen LogP contribution in [0, 0.1) is 0 Å². The van der Waals surface area contributed by atoms with E-state index in [2.05, 4.69) is 58.2 Å². The summed E-state index contributed by atoms with van der Waals surface area (Å²) in [7, 11) is 0. The van der Waals surface area contributed by atoms with Gasteiger partial charge in [-0.2, -0.15) is 5.10 Å². The van der Waals surface area contributed by atoms with Crippen molar-refractivity contribution < 1.29 is 9.53 Å². The Kier molecular flexibility index (Phi) is 7.22. The Morgan fingerprint density at radius 2 is 2.07 bits per heavy atom. The number of benzene rings is 2. The van der Waals surface area contributed by atoms with E-state index in [1.807, 2.05) is 17.5 Å². The molecular weight excluding hydrogens is 390 g/mol. The number of hydrogen-bond donors (Lipinski definition) is 1. The number of thiazole rings is 1. The first-order chi connectivity index (χ1) is 13.7. The average molecular weight is 412 g/mol.